The highest BCUT2D eigenvalue weighted by atomic mass is 19.4. The number of benzene rings is 2. The molecule has 0 bridgehead atoms. The smallest absolute Gasteiger partial charge is 0.475 e. The van der Waals surface area contributed by atoms with E-state index in [1.807, 2.05) is 0 Å². The highest BCUT2D eigenvalue weighted by molar-refractivity contribution is 5.99. The van der Waals surface area contributed by atoms with Crippen molar-refractivity contribution in [2.24, 2.45) is 5.10 Å². The van der Waals surface area contributed by atoms with E-state index >= 15 is 0 Å². The third-order valence-electron chi connectivity index (χ3n) is 4.82. The number of hydrogen-bond donors (Lipinski definition) is 3. The van der Waals surface area contributed by atoms with Gasteiger partial charge in [0, 0.05) is 30.9 Å². The summed E-state index contributed by atoms with van der Waals surface area (Å²) in [6, 6.07) is 14.6. The largest absolute Gasteiger partial charge is 0.545 e. The van der Waals surface area contributed by atoms with Gasteiger partial charge in [-0.3, -0.25) is 20.0 Å². The van der Waals surface area contributed by atoms with Gasteiger partial charge in [0.2, 0.25) is 0 Å². The molecule has 1 aliphatic rings. The number of carbonyl (C=O) groups is 3. The van der Waals surface area contributed by atoms with Gasteiger partial charge in [-0.2, -0.15) is 18.3 Å². The summed E-state index contributed by atoms with van der Waals surface area (Å²) in [5.74, 6) is -3.65. The molecule has 0 saturated heterocycles. The Morgan fingerprint density at radius 2 is 1.62 bits per heavy atom. The van der Waals surface area contributed by atoms with E-state index in [2.05, 4.69) is 25.7 Å². The Kier molecular flexibility index (Phi) is 9.53. The molecule has 0 saturated carbocycles. The molecule has 4 rings (SSSR count). The number of hydrazone groups is 1. The Morgan fingerprint density at radius 3 is 2.21 bits per heavy atom. The minimum Gasteiger partial charge on any atom is -0.475 e. The van der Waals surface area contributed by atoms with E-state index in [9.17, 15) is 35.9 Å². The Morgan fingerprint density at radius 1 is 0.976 bits per heavy atom. The minimum atomic E-state index is -5.16. The van der Waals surface area contributed by atoms with Gasteiger partial charge in [0.1, 0.15) is 23.5 Å². The van der Waals surface area contributed by atoms with Gasteiger partial charge in [0.25, 0.3) is 11.8 Å². The number of hydrazine groups is 1. The molecule has 42 heavy (non-hydrogen) atoms. The van der Waals surface area contributed by atoms with Crippen LogP contribution in [0.1, 0.15) is 20.8 Å². The predicted octanol–water partition coefficient (Wildman–Crippen LogP) is 4.55. The molecule has 2 amide bonds. The molecule has 0 fully saturated rings. The Bertz CT molecular complexity index is 1470. The van der Waals surface area contributed by atoms with E-state index in [0.717, 1.165) is 11.3 Å². The van der Waals surface area contributed by atoms with E-state index in [4.69, 9.17) is 14.6 Å². The average molecular weight is 600 g/mol. The van der Waals surface area contributed by atoms with Gasteiger partial charge in [-0.15, -0.1) is 23.2 Å². The molecule has 0 unspecified atom stereocenters. The lowest BCUT2D eigenvalue weighted by Crippen LogP contribution is -2.50. The standard InChI is InChI=1S/C22H17F3N6O4.C2HF3O2/c1-26-20(32)18-12-16(9-10-27-18)34-15-7-8-19-17(11-15)29-28-13-30(19)31(35-22(23,24)25)21(33)14-5-3-2-4-6-14;3-2(4,5)1(6)7/h2-13,29H,1H3,(H,26,32);(H,6,7). The number of hydrogen-bond acceptors (Lipinski definition) is 9. The summed E-state index contributed by atoms with van der Waals surface area (Å²) in [5.41, 5.74) is 3.10. The number of fused-ring (bicyclic) bond motifs is 1. The summed E-state index contributed by atoms with van der Waals surface area (Å²) in [6.07, 6.45) is -7.88. The number of nitrogens with one attached hydrogen (secondary N) is 2. The van der Waals surface area contributed by atoms with Crippen molar-refractivity contribution in [3.8, 4) is 11.5 Å². The SMILES string of the molecule is CNC(=O)c1cc(Oc2ccc3c(c2)NN=CN3N(OC(F)(F)F)C(=O)c2ccccc2)ccn1.O=C(O)C(F)(F)F. The number of amides is 2. The van der Waals surface area contributed by atoms with Gasteiger partial charge in [-0.05, 0) is 30.3 Å². The van der Waals surface area contributed by atoms with Crippen molar-refractivity contribution >= 4 is 35.5 Å². The first-order valence-electron chi connectivity index (χ1n) is 11.2. The van der Waals surface area contributed by atoms with E-state index in [0.29, 0.717) is 5.75 Å². The van der Waals surface area contributed by atoms with Gasteiger partial charge >= 0.3 is 18.5 Å². The fourth-order valence-electron chi connectivity index (χ4n) is 3.06. The zero-order valence-corrected chi connectivity index (χ0v) is 21.0. The van der Waals surface area contributed by atoms with Crippen molar-refractivity contribution < 1.29 is 55.4 Å². The lowest BCUT2D eigenvalue weighted by atomic mass is 10.2. The van der Waals surface area contributed by atoms with E-state index < -0.39 is 30.3 Å². The van der Waals surface area contributed by atoms with Crippen LogP contribution in [0.15, 0.2) is 72.0 Å². The number of carboxylic acid groups (broad SMARTS) is 1. The molecule has 0 spiro atoms. The summed E-state index contributed by atoms with van der Waals surface area (Å²) in [6.45, 7) is 0. The number of anilines is 2. The number of carboxylic acids is 1. The normalized spacial score (nSPS) is 12.2. The van der Waals surface area contributed by atoms with Crippen molar-refractivity contribution in [2.75, 3.05) is 17.5 Å². The van der Waals surface area contributed by atoms with Crippen LogP contribution in [0.3, 0.4) is 0 Å². The van der Waals surface area contributed by atoms with E-state index in [1.54, 1.807) is 6.07 Å². The van der Waals surface area contributed by atoms with Crippen LogP contribution in [0.2, 0.25) is 0 Å². The number of rotatable bonds is 6. The lowest BCUT2D eigenvalue weighted by Gasteiger charge is -2.34. The second kappa shape index (κ2) is 12.9. The molecular weight excluding hydrogens is 582 g/mol. The van der Waals surface area contributed by atoms with Gasteiger partial charge in [-0.1, -0.05) is 18.2 Å². The summed E-state index contributed by atoms with van der Waals surface area (Å²) < 4.78 is 77.0. The quantitative estimate of drug-likeness (QED) is 0.274. The van der Waals surface area contributed by atoms with Gasteiger partial charge in [0.05, 0.1) is 11.4 Å². The number of alkyl halides is 6. The van der Waals surface area contributed by atoms with Gasteiger partial charge < -0.3 is 15.2 Å². The first kappa shape index (κ1) is 31.1. The molecule has 2 aromatic carbocycles. The van der Waals surface area contributed by atoms with E-state index in [1.165, 1.54) is 67.8 Å². The maximum Gasteiger partial charge on any atom is 0.545 e. The molecule has 3 N–H and O–H groups in total. The number of ether oxygens (including phenoxy) is 1. The number of hydroxylamine groups is 1. The first-order valence-corrected chi connectivity index (χ1v) is 11.2. The molecule has 0 radical (unpaired) electrons. The third-order valence-corrected chi connectivity index (χ3v) is 4.82. The Balaban J connectivity index is 0.000000616. The van der Waals surface area contributed by atoms with Crippen LogP contribution < -0.4 is 20.5 Å². The second-order valence-electron chi connectivity index (χ2n) is 7.72. The number of nitrogens with zero attached hydrogens (tertiary/aromatic N) is 4. The van der Waals surface area contributed by atoms with Crippen molar-refractivity contribution in [3.05, 3.63) is 78.1 Å². The fourth-order valence-corrected chi connectivity index (χ4v) is 3.06. The van der Waals surface area contributed by atoms with Crippen LogP contribution in [0.4, 0.5) is 37.7 Å². The average Bonchev–Trinajstić information content (AvgIpc) is 2.94. The molecule has 3 aromatic rings. The molecule has 0 aliphatic carbocycles. The maximum atomic E-state index is 13.2. The van der Waals surface area contributed by atoms with Crippen LogP contribution in [0.5, 0.6) is 11.5 Å². The van der Waals surface area contributed by atoms with Crippen LogP contribution >= 0.6 is 0 Å². The summed E-state index contributed by atoms with van der Waals surface area (Å²) in [4.78, 5) is 41.5. The molecule has 222 valence electrons. The van der Waals surface area contributed by atoms with Crippen LogP contribution in [0, 0.1) is 0 Å². The van der Waals surface area contributed by atoms with Crippen molar-refractivity contribution in [1.29, 1.82) is 0 Å². The summed E-state index contributed by atoms with van der Waals surface area (Å²) in [5, 5.41) is 14.3. The highest BCUT2D eigenvalue weighted by Crippen LogP contribution is 2.36. The van der Waals surface area contributed by atoms with Crippen molar-refractivity contribution in [1.82, 2.24) is 15.5 Å². The predicted molar refractivity (Wildman–Crippen MR) is 132 cm³/mol. The molecule has 1 aromatic heterocycles. The summed E-state index contributed by atoms with van der Waals surface area (Å²) in [7, 11) is 1.47. The Labute approximate surface area is 231 Å². The molecular formula is C24H18F6N6O6. The number of pyridine rings is 1. The zero-order chi connectivity index (χ0) is 31.1. The van der Waals surface area contributed by atoms with Gasteiger partial charge in [-0.25, -0.2) is 9.80 Å². The first-order chi connectivity index (χ1) is 19.7. The van der Waals surface area contributed by atoms with Crippen molar-refractivity contribution in [3.63, 3.8) is 0 Å². The van der Waals surface area contributed by atoms with E-state index in [-0.39, 0.29) is 33.6 Å². The highest BCUT2D eigenvalue weighted by Gasteiger charge is 2.40. The third kappa shape index (κ3) is 8.31. The Hall–Kier alpha value is -5.39. The summed E-state index contributed by atoms with van der Waals surface area (Å²) >= 11 is 0. The minimum absolute atomic E-state index is 0.0326. The molecule has 0 atom stereocenters. The second-order valence-corrected chi connectivity index (χ2v) is 7.72. The molecule has 1 aliphatic heterocycles. The van der Waals surface area contributed by atoms with Crippen LogP contribution in [-0.2, 0) is 9.63 Å². The van der Waals surface area contributed by atoms with Crippen LogP contribution in [0.25, 0.3) is 0 Å². The van der Waals surface area contributed by atoms with Gasteiger partial charge in [0.15, 0.2) is 0 Å². The molecule has 12 nitrogen and oxygen atoms in total. The molecule has 2 heterocycles. The molecule has 18 heteroatoms. The zero-order valence-electron chi connectivity index (χ0n) is 21.0. The number of aromatic nitrogens is 1. The number of aliphatic carboxylic acids is 1. The maximum absolute atomic E-state index is 13.2. The van der Waals surface area contributed by atoms with Crippen molar-refractivity contribution in [2.45, 2.75) is 12.5 Å². The monoisotopic (exact) mass is 600 g/mol. The number of halogens is 6. The number of carbonyl (C=O) groups excluding carboxylic acids is 2. The van der Waals surface area contributed by atoms with Crippen LogP contribution in [-0.4, -0.2) is 59.0 Å². The fraction of sp³-hybridized carbons (Fsp3) is 0.125. The lowest BCUT2D eigenvalue weighted by molar-refractivity contribution is -0.398. The topological polar surface area (TPSA) is 146 Å².